The molecule has 0 saturated carbocycles. The summed E-state index contributed by atoms with van der Waals surface area (Å²) in [6.07, 6.45) is 5.63. The molecule has 1 aromatic heterocycles. The van der Waals surface area contributed by atoms with Gasteiger partial charge in [-0.25, -0.2) is 9.18 Å². The molecule has 0 aliphatic carbocycles. The third-order valence-corrected chi connectivity index (χ3v) is 4.50. The number of carbonyl (C=O) groups is 2. The number of nitrogens with zero attached hydrogens (tertiary/aromatic N) is 4. The monoisotopic (exact) mass is 323 g/mol. The molecule has 8 heteroatoms. The molecule has 3 amide bonds. The lowest BCUT2D eigenvalue weighted by Gasteiger charge is -2.40. The van der Waals surface area contributed by atoms with Crippen LogP contribution in [0.25, 0.3) is 0 Å². The Kier molecular flexibility index (Phi) is 4.78. The van der Waals surface area contributed by atoms with Crippen LogP contribution in [-0.4, -0.2) is 70.4 Å². The number of aromatic nitrogens is 2. The number of hydrogen-bond acceptors (Lipinski definition) is 3. The molecule has 0 bridgehead atoms. The molecule has 1 N–H and O–H groups in total. The maximum Gasteiger partial charge on any atom is 0.317 e. The van der Waals surface area contributed by atoms with Gasteiger partial charge in [0, 0.05) is 38.4 Å². The first-order valence-corrected chi connectivity index (χ1v) is 8.11. The van der Waals surface area contributed by atoms with Crippen molar-refractivity contribution in [2.75, 3.05) is 32.9 Å². The molecule has 3 rings (SSSR count). The van der Waals surface area contributed by atoms with Gasteiger partial charge < -0.3 is 15.1 Å². The number of amides is 3. The SMILES string of the molecule is O=C(c1cnn(CCF)c1)N1CCC(N2CCCNC2=O)CC1. The topological polar surface area (TPSA) is 70.5 Å². The number of alkyl halides is 1. The molecule has 2 aliphatic rings. The summed E-state index contributed by atoms with van der Waals surface area (Å²) in [6.45, 7) is 2.46. The van der Waals surface area contributed by atoms with Crippen molar-refractivity contribution < 1.29 is 14.0 Å². The Morgan fingerprint density at radius 1 is 1.35 bits per heavy atom. The van der Waals surface area contributed by atoms with Gasteiger partial charge in [-0.2, -0.15) is 5.10 Å². The molecule has 1 aromatic rings. The zero-order chi connectivity index (χ0) is 16.2. The predicted molar refractivity (Wildman–Crippen MR) is 81.8 cm³/mol. The molecule has 23 heavy (non-hydrogen) atoms. The van der Waals surface area contributed by atoms with Crippen molar-refractivity contribution in [2.24, 2.45) is 0 Å². The Hall–Kier alpha value is -2.12. The first-order chi connectivity index (χ1) is 11.2. The number of halogens is 1. The molecule has 2 fully saturated rings. The Morgan fingerprint density at radius 2 is 2.13 bits per heavy atom. The van der Waals surface area contributed by atoms with E-state index in [0.717, 1.165) is 32.4 Å². The van der Waals surface area contributed by atoms with Crippen LogP contribution in [0.4, 0.5) is 9.18 Å². The molecule has 3 heterocycles. The zero-order valence-electron chi connectivity index (χ0n) is 13.1. The number of carbonyl (C=O) groups excluding carboxylic acids is 2. The van der Waals surface area contributed by atoms with Gasteiger partial charge in [-0.1, -0.05) is 0 Å². The maximum absolute atomic E-state index is 12.5. The normalized spacial score (nSPS) is 19.8. The van der Waals surface area contributed by atoms with Crippen LogP contribution in [0.5, 0.6) is 0 Å². The van der Waals surface area contributed by atoms with Crippen molar-refractivity contribution in [1.82, 2.24) is 24.9 Å². The van der Waals surface area contributed by atoms with E-state index in [1.54, 1.807) is 11.1 Å². The van der Waals surface area contributed by atoms with Crippen molar-refractivity contribution in [2.45, 2.75) is 31.8 Å². The number of piperidine rings is 1. The highest BCUT2D eigenvalue weighted by atomic mass is 19.1. The minimum absolute atomic E-state index is 0.00789. The van der Waals surface area contributed by atoms with E-state index >= 15 is 0 Å². The number of likely N-dealkylation sites (tertiary alicyclic amines) is 1. The number of nitrogens with one attached hydrogen (secondary N) is 1. The fourth-order valence-electron chi connectivity index (χ4n) is 3.24. The van der Waals surface area contributed by atoms with Gasteiger partial charge in [-0.05, 0) is 19.3 Å². The number of aryl methyl sites for hydroxylation is 1. The molecule has 126 valence electrons. The molecular formula is C15H22FN5O2. The minimum Gasteiger partial charge on any atom is -0.338 e. The molecule has 2 saturated heterocycles. The lowest BCUT2D eigenvalue weighted by molar-refractivity contribution is 0.0642. The standard InChI is InChI=1S/C15H22FN5O2/c16-4-9-20-11-12(10-18-20)14(22)19-7-2-13(3-8-19)21-6-1-5-17-15(21)23/h10-11,13H,1-9H2,(H,17,23). The average molecular weight is 323 g/mol. The van der Waals surface area contributed by atoms with E-state index in [9.17, 15) is 14.0 Å². The summed E-state index contributed by atoms with van der Waals surface area (Å²) in [6, 6.07) is 0.210. The molecule has 0 aromatic carbocycles. The Morgan fingerprint density at radius 3 is 2.83 bits per heavy atom. The highest BCUT2D eigenvalue weighted by molar-refractivity contribution is 5.93. The van der Waals surface area contributed by atoms with E-state index in [1.807, 2.05) is 4.90 Å². The van der Waals surface area contributed by atoms with Gasteiger partial charge in [-0.3, -0.25) is 9.48 Å². The largest absolute Gasteiger partial charge is 0.338 e. The zero-order valence-corrected chi connectivity index (χ0v) is 13.1. The van der Waals surface area contributed by atoms with Gasteiger partial charge in [0.1, 0.15) is 6.67 Å². The smallest absolute Gasteiger partial charge is 0.317 e. The quantitative estimate of drug-likeness (QED) is 0.894. The Balaban J connectivity index is 1.55. The van der Waals surface area contributed by atoms with E-state index in [0.29, 0.717) is 18.7 Å². The van der Waals surface area contributed by atoms with Crippen LogP contribution in [0.3, 0.4) is 0 Å². The van der Waals surface area contributed by atoms with Gasteiger partial charge in [-0.15, -0.1) is 0 Å². The van der Waals surface area contributed by atoms with Crippen LogP contribution in [0.1, 0.15) is 29.6 Å². The maximum atomic E-state index is 12.5. The molecule has 0 radical (unpaired) electrons. The first kappa shape index (κ1) is 15.8. The summed E-state index contributed by atoms with van der Waals surface area (Å²) < 4.78 is 13.7. The van der Waals surface area contributed by atoms with Crippen LogP contribution < -0.4 is 5.32 Å². The summed E-state index contributed by atoms with van der Waals surface area (Å²) in [4.78, 5) is 28.0. The molecule has 2 aliphatic heterocycles. The van der Waals surface area contributed by atoms with Crippen LogP contribution in [0.15, 0.2) is 12.4 Å². The second kappa shape index (κ2) is 6.97. The van der Waals surface area contributed by atoms with E-state index in [2.05, 4.69) is 10.4 Å². The van der Waals surface area contributed by atoms with E-state index in [-0.39, 0.29) is 24.5 Å². The van der Waals surface area contributed by atoms with Crippen LogP contribution in [0.2, 0.25) is 0 Å². The fraction of sp³-hybridized carbons (Fsp3) is 0.667. The fourth-order valence-corrected chi connectivity index (χ4v) is 3.24. The molecular weight excluding hydrogens is 301 g/mol. The predicted octanol–water partition coefficient (Wildman–Crippen LogP) is 0.872. The summed E-state index contributed by atoms with van der Waals surface area (Å²) in [7, 11) is 0. The van der Waals surface area contributed by atoms with Crippen molar-refractivity contribution >= 4 is 11.9 Å². The second-order valence-corrected chi connectivity index (χ2v) is 5.98. The summed E-state index contributed by atoms with van der Waals surface area (Å²) in [5.41, 5.74) is 0.493. The van der Waals surface area contributed by atoms with Gasteiger partial charge in [0.05, 0.1) is 18.3 Å². The van der Waals surface area contributed by atoms with Crippen molar-refractivity contribution in [3.63, 3.8) is 0 Å². The molecule has 0 atom stereocenters. The van der Waals surface area contributed by atoms with Crippen LogP contribution in [0, 0.1) is 0 Å². The van der Waals surface area contributed by atoms with Crippen molar-refractivity contribution in [3.05, 3.63) is 18.0 Å². The van der Waals surface area contributed by atoms with Gasteiger partial charge >= 0.3 is 6.03 Å². The summed E-state index contributed by atoms with van der Waals surface area (Å²) >= 11 is 0. The minimum atomic E-state index is -0.501. The lowest BCUT2D eigenvalue weighted by atomic mass is 10.0. The number of rotatable bonds is 4. The highest BCUT2D eigenvalue weighted by Gasteiger charge is 2.31. The van der Waals surface area contributed by atoms with Crippen LogP contribution >= 0.6 is 0 Å². The lowest BCUT2D eigenvalue weighted by Crippen LogP contribution is -2.54. The highest BCUT2D eigenvalue weighted by Crippen LogP contribution is 2.20. The Bertz CT molecular complexity index is 568. The molecule has 0 spiro atoms. The van der Waals surface area contributed by atoms with Crippen molar-refractivity contribution in [1.29, 1.82) is 0 Å². The summed E-state index contributed by atoms with van der Waals surface area (Å²) in [5, 5.41) is 6.86. The third-order valence-electron chi connectivity index (χ3n) is 4.50. The van der Waals surface area contributed by atoms with Gasteiger partial charge in [0.15, 0.2) is 0 Å². The van der Waals surface area contributed by atoms with Gasteiger partial charge in [0.2, 0.25) is 0 Å². The van der Waals surface area contributed by atoms with E-state index in [4.69, 9.17) is 0 Å². The third kappa shape index (κ3) is 3.46. The molecule has 7 nitrogen and oxygen atoms in total. The average Bonchev–Trinajstić information content (AvgIpc) is 3.04. The number of urea groups is 1. The van der Waals surface area contributed by atoms with Crippen molar-refractivity contribution in [3.8, 4) is 0 Å². The van der Waals surface area contributed by atoms with Crippen LogP contribution in [-0.2, 0) is 6.54 Å². The molecule has 0 unspecified atom stereocenters. The van der Waals surface area contributed by atoms with E-state index in [1.165, 1.54) is 10.9 Å². The number of hydrogen-bond donors (Lipinski definition) is 1. The Labute approximate surface area is 134 Å². The first-order valence-electron chi connectivity index (χ1n) is 8.11. The summed E-state index contributed by atoms with van der Waals surface area (Å²) in [5.74, 6) is -0.0725. The van der Waals surface area contributed by atoms with E-state index < -0.39 is 6.67 Å². The van der Waals surface area contributed by atoms with Gasteiger partial charge in [0.25, 0.3) is 5.91 Å². The second-order valence-electron chi connectivity index (χ2n) is 5.98.